The van der Waals surface area contributed by atoms with E-state index >= 15 is 0 Å². The highest BCUT2D eigenvalue weighted by Gasteiger charge is 2.06. The summed E-state index contributed by atoms with van der Waals surface area (Å²) in [4.78, 5) is 13.8. The van der Waals surface area contributed by atoms with Crippen LogP contribution >= 0.6 is 15.9 Å². The van der Waals surface area contributed by atoms with Crippen molar-refractivity contribution in [2.24, 2.45) is 0 Å². The third kappa shape index (κ3) is 2.01. The van der Waals surface area contributed by atoms with Crippen LogP contribution in [-0.4, -0.2) is 19.7 Å². The molecule has 2 aromatic heterocycles. The first-order chi connectivity index (χ1) is 7.16. The van der Waals surface area contributed by atoms with Crippen molar-refractivity contribution >= 4 is 21.6 Å². The molecular formula is C8H5BrN4O2. The van der Waals surface area contributed by atoms with E-state index in [1.807, 2.05) is 0 Å². The first-order valence-electron chi connectivity index (χ1n) is 3.99. The molecule has 0 amide bonds. The van der Waals surface area contributed by atoms with E-state index in [4.69, 9.17) is 0 Å². The number of nitro groups is 1. The summed E-state index contributed by atoms with van der Waals surface area (Å²) in [7, 11) is 0. The number of rotatable bonds is 2. The lowest BCUT2D eigenvalue weighted by Crippen LogP contribution is -1.98. The first kappa shape index (κ1) is 9.78. The van der Waals surface area contributed by atoms with E-state index in [1.54, 1.807) is 12.3 Å². The summed E-state index contributed by atoms with van der Waals surface area (Å²) in [6.45, 7) is 0. The van der Waals surface area contributed by atoms with Gasteiger partial charge in [-0.05, 0) is 28.1 Å². The summed E-state index contributed by atoms with van der Waals surface area (Å²) in [5.74, 6) is 0.534. The number of hydrogen-bond acceptors (Lipinski definition) is 4. The predicted octanol–water partition coefficient (Wildman–Crippen LogP) is 1.94. The quantitative estimate of drug-likeness (QED) is 0.616. The molecule has 0 N–H and O–H groups in total. The molecule has 0 aromatic carbocycles. The molecule has 2 heterocycles. The number of hydrogen-bond donors (Lipinski definition) is 0. The predicted molar refractivity (Wildman–Crippen MR) is 55.7 cm³/mol. The van der Waals surface area contributed by atoms with Crippen LogP contribution < -0.4 is 0 Å². The molecule has 0 aliphatic heterocycles. The lowest BCUT2D eigenvalue weighted by atomic mass is 10.4. The van der Waals surface area contributed by atoms with E-state index in [9.17, 15) is 10.1 Å². The smallest absolute Gasteiger partial charge is 0.258 e. The summed E-state index contributed by atoms with van der Waals surface area (Å²) in [6, 6.07) is 4.68. The second kappa shape index (κ2) is 3.77. The van der Waals surface area contributed by atoms with Gasteiger partial charge in [0.05, 0.1) is 4.92 Å². The average Bonchev–Trinajstić information content (AvgIpc) is 2.65. The molecule has 2 rings (SSSR count). The summed E-state index contributed by atoms with van der Waals surface area (Å²) < 4.78 is 2.20. The fraction of sp³-hybridized carbons (Fsp3) is 0. The molecule has 7 heteroatoms. The number of halogens is 1. The fourth-order valence-corrected chi connectivity index (χ4v) is 1.34. The molecule has 0 aliphatic rings. The minimum absolute atomic E-state index is 0.0371. The van der Waals surface area contributed by atoms with E-state index in [0.29, 0.717) is 10.4 Å². The van der Waals surface area contributed by atoms with Crippen LogP contribution in [0.25, 0.3) is 5.82 Å². The van der Waals surface area contributed by atoms with Crippen LogP contribution in [0.2, 0.25) is 0 Å². The molecule has 76 valence electrons. The maximum absolute atomic E-state index is 10.4. The standard InChI is InChI=1S/C8H5BrN4O2/c9-7-3-4-12(11-7)8-2-1-6(5-10-8)13(14)15/h1-5H. The molecule has 0 saturated carbocycles. The van der Waals surface area contributed by atoms with Gasteiger partial charge in [-0.1, -0.05) is 0 Å². The zero-order chi connectivity index (χ0) is 10.8. The Morgan fingerprint density at radius 3 is 2.67 bits per heavy atom. The second-order valence-corrected chi connectivity index (χ2v) is 3.53. The molecule has 0 unspecified atom stereocenters. The minimum Gasteiger partial charge on any atom is -0.258 e. The normalized spacial score (nSPS) is 10.2. The van der Waals surface area contributed by atoms with Crippen LogP contribution in [-0.2, 0) is 0 Å². The maximum Gasteiger partial charge on any atom is 0.287 e. The van der Waals surface area contributed by atoms with Crippen LogP contribution in [0.3, 0.4) is 0 Å². The lowest BCUT2D eigenvalue weighted by molar-refractivity contribution is -0.385. The van der Waals surface area contributed by atoms with Gasteiger partial charge >= 0.3 is 0 Å². The van der Waals surface area contributed by atoms with Gasteiger partial charge in [0.1, 0.15) is 10.8 Å². The monoisotopic (exact) mass is 268 g/mol. The Bertz CT molecular complexity index is 494. The van der Waals surface area contributed by atoms with E-state index < -0.39 is 4.92 Å². The van der Waals surface area contributed by atoms with Crippen molar-refractivity contribution < 1.29 is 4.92 Å². The highest BCUT2D eigenvalue weighted by atomic mass is 79.9. The van der Waals surface area contributed by atoms with Crippen molar-refractivity contribution in [1.29, 1.82) is 0 Å². The van der Waals surface area contributed by atoms with Gasteiger partial charge in [0, 0.05) is 12.3 Å². The molecule has 0 atom stereocenters. The number of pyridine rings is 1. The van der Waals surface area contributed by atoms with Gasteiger partial charge in [-0.2, -0.15) is 5.10 Å². The number of nitrogens with zero attached hydrogens (tertiary/aromatic N) is 4. The summed E-state index contributed by atoms with van der Waals surface area (Å²) in [5, 5.41) is 14.4. The third-order valence-electron chi connectivity index (χ3n) is 1.73. The van der Waals surface area contributed by atoms with Gasteiger partial charge in [-0.3, -0.25) is 10.1 Å². The van der Waals surface area contributed by atoms with Crippen molar-refractivity contribution in [3.63, 3.8) is 0 Å². The zero-order valence-corrected chi connectivity index (χ0v) is 8.96. The summed E-state index contributed by atoms with van der Waals surface area (Å²) in [5.41, 5.74) is -0.0371. The third-order valence-corrected chi connectivity index (χ3v) is 2.16. The van der Waals surface area contributed by atoms with E-state index in [2.05, 4.69) is 26.0 Å². The largest absolute Gasteiger partial charge is 0.287 e. The highest BCUT2D eigenvalue weighted by molar-refractivity contribution is 9.10. The van der Waals surface area contributed by atoms with Crippen molar-refractivity contribution in [2.45, 2.75) is 0 Å². The number of aromatic nitrogens is 3. The summed E-state index contributed by atoms with van der Waals surface area (Å²) in [6.07, 6.45) is 2.91. The fourth-order valence-electron chi connectivity index (χ4n) is 1.05. The van der Waals surface area contributed by atoms with Gasteiger partial charge in [-0.25, -0.2) is 9.67 Å². The van der Waals surface area contributed by atoms with Crippen molar-refractivity contribution in [1.82, 2.24) is 14.8 Å². The van der Waals surface area contributed by atoms with Crippen LogP contribution in [0.4, 0.5) is 5.69 Å². The van der Waals surface area contributed by atoms with Crippen LogP contribution in [0.1, 0.15) is 0 Å². The Labute approximate surface area is 92.8 Å². The highest BCUT2D eigenvalue weighted by Crippen LogP contribution is 2.13. The minimum atomic E-state index is -0.490. The van der Waals surface area contributed by atoms with Crippen molar-refractivity contribution in [2.75, 3.05) is 0 Å². The van der Waals surface area contributed by atoms with E-state index in [0.717, 1.165) is 0 Å². The Morgan fingerprint density at radius 2 is 2.20 bits per heavy atom. The SMILES string of the molecule is O=[N+]([O-])c1ccc(-n2ccc(Br)n2)nc1. The van der Waals surface area contributed by atoms with Gasteiger partial charge in [0.15, 0.2) is 5.82 Å². The van der Waals surface area contributed by atoms with Gasteiger partial charge < -0.3 is 0 Å². The van der Waals surface area contributed by atoms with Gasteiger partial charge in [-0.15, -0.1) is 0 Å². The van der Waals surface area contributed by atoms with Crippen LogP contribution in [0.15, 0.2) is 35.2 Å². The van der Waals surface area contributed by atoms with E-state index in [-0.39, 0.29) is 5.69 Å². The molecule has 0 radical (unpaired) electrons. The van der Waals surface area contributed by atoms with Crippen molar-refractivity contribution in [3.8, 4) is 5.82 Å². The Morgan fingerprint density at radius 1 is 1.40 bits per heavy atom. The molecule has 15 heavy (non-hydrogen) atoms. The molecule has 0 saturated heterocycles. The first-order valence-corrected chi connectivity index (χ1v) is 4.78. The molecular weight excluding hydrogens is 264 g/mol. The molecule has 0 spiro atoms. The average molecular weight is 269 g/mol. The molecule has 6 nitrogen and oxygen atoms in total. The zero-order valence-electron chi connectivity index (χ0n) is 7.37. The van der Waals surface area contributed by atoms with Crippen LogP contribution in [0, 0.1) is 10.1 Å². The summed E-state index contributed by atoms with van der Waals surface area (Å²) >= 11 is 3.20. The Kier molecular flexibility index (Phi) is 2.46. The Hall–Kier alpha value is -1.76. The molecule has 0 bridgehead atoms. The second-order valence-electron chi connectivity index (χ2n) is 2.71. The Balaban J connectivity index is 2.35. The lowest BCUT2D eigenvalue weighted by Gasteiger charge is -1.98. The van der Waals surface area contributed by atoms with Crippen LogP contribution in [0.5, 0.6) is 0 Å². The molecule has 0 fully saturated rings. The topological polar surface area (TPSA) is 73.8 Å². The van der Waals surface area contributed by atoms with Crippen molar-refractivity contribution in [3.05, 3.63) is 45.3 Å². The maximum atomic E-state index is 10.4. The molecule has 0 aliphatic carbocycles. The van der Waals surface area contributed by atoms with E-state index in [1.165, 1.54) is 23.0 Å². The molecule has 2 aromatic rings. The van der Waals surface area contributed by atoms with Gasteiger partial charge in [0.2, 0.25) is 0 Å². The van der Waals surface area contributed by atoms with Gasteiger partial charge in [0.25, 0.3) is 5.69 Å².